The van der Waals surface area contributed by atoms with E-state index in [2.05, 4.69) is 58.5 Å². The fourth-order valence-corrected chi connectivity index (χ4v) is 5.15. The lowest BCUT2D eigenvalue weighted by molar-refractivity contribution is -0.132. The molecule has 0 fully saturated rings. The summed E-state index contributed by atoms with van der Waals surface area (Å²) in [5.74, 6) is 1.54. The summed E-state index contributed by atoms with van der Waals surface area (Å²) >= 11 is 1.30. The average molecular weight is 548 g/mol. The Morgan fingerprint density at radius 1 is 1.03 bits per heavy atom. The van der Waals surface area contributed by atoms with E-state index in [9.17, 15) is 9.59 Å². The van der Waals surface area contributed by atoms with E-state index < -0.39 is 0 Å². The van der Waals surface area contributed by atoms with Gasteiger partial charge in [-0.05, 0) is 65.3 Å². The van der Waals surface area contributed by atoms with Gasteiger partial charge in [0, 0.05) is 23.6 Å². The van der Waals surface area contributed by atoms with Crippen molar-refractivity contribution in [3.8, 4) is 22.9 Å². The van der Waals surface area contributed by atoms with Crippen LogP contribution in [0.3, 0.4) is 0 Å². The van der Waals surface area contributed by atoms with Gasteiger partial charge in [0.2, 0.25) is 4.96 Å². The fourth-order valence-electron chi connectivity index (χ4n) is 4.24. The van der Waals surface area contributed by atoms with Gasteiger partial charge in [0.1, 0.15) is 11.5 Å². The highest BCUT2D eigenvalue weighted by atomic mass is 32.1. The molecule has 0 atom stereocenters. The molecule has 0 unspecified atom stereocenters. The Balaban J connectivity index is 1.75. The number of esters is 1. The molecular formula is C31H37N3O4S. The third-order valence-corrected chi connectivity index (χ3v) is 7.29. The molecule has 8 heteroatoms. The molecule has 7 nitrogen and oxygen atoms in total. The lowest BCUT2D eigenvalue weighted by Crippen LogP contribution is -2.24. The van der Waals surface area contributed by atoms with Crippen molar-refractivity contribution in [3.63, 3.8) is 0 Å². The first-order chi connectivity index (χ1) is 18.3. The van der Waals surface area contributed by atoms with E-state index in [-0.39, 0.29) is 22.4 Å². The second-order valence-corrected chi connectivity index (χ2v) is 12.8. The number of nitrogens with zero attached hydrogens (tertiary/aromatic N) is 3. The third-order valence-electron chi connectivity index (χ3n) is 6.33. The first-order valence-corrected chi connectivity index (χ1v) is 14.1. The van der Waals surface area contributed by atoms with Crippen molar-refractivity contribution < 1.29 is 14.3 Å². The van der Waals surface area contributed by atoms with Crippen LogP contribution in [0.15, 0.2) is 41.2 Å². The van der Waals surface area contributed by atoms with E-state index in [0.717, 1.165) is 40.8 Å². The molecule has 206 valence electrons. The first-order valence-electron chi connectivity index (χ1n) is 13.3. The molecule has 2 aromatic heterocycles. The molecule has 0 bridgehead atoms. The molecule has 4 aromatic rings. The molecule has 0 N–H and O–H groups in total. The molecule has 4 rings (SSSR count). The summed E-state index contributed by atoms with van der Waals surface area (Å²) in [4.78, 5) is 30.4. The maximum Gasteiger partial charge on any atom is 0.308 e. The number of carbonyl (C=O) groups excluding carboxylic acids is 1. The van der Waals surface area contributed by atoms with Crippen molar-refractivity contribution in [2.45, 2.75) is 79.1 Å². The van der Waals surface area contributed by atoms with Crippen LogP contribution in [-0.2, 0) is 15.6 Å². The molecule has 39 heavy (non-hydrogen) atoms. The van der Waals surface area contributed by atoms with Gasteiger partial charge in [0.15, 0.2) is 5.82 Å². The number of rotatable bonds is 7. The quantitative estimate of drug-likeness (QED) is 0.159. The Morgan fingerprint density at radius 3 is 2.15 bits per heavy atom. The van der Waals surface area contributed by atoms with Gasteiger partial charge in [-0.25, -0.2) is 0 Å². The molecule has 0 radical (unpaired) electrons. The minimum atomic E-state index is -0.357. The van der Waals surface area contributed by atoms with Crippen molar-refractivity contribution >= 4 is 28.3 Å². The van der Waals surface area contributed by atoms with Crippen LogP contribution < -0.4 is 19.6 Å². The lowest BCUT2D eigenvalue weighted by atomic mass is 9.78. The molecular weight excluding hydrogens is 510 g/mol. The van der Waals surface area contributed by atoms with Crippen molar-refractivity contribution in [2.75, 3.05) is 6.61 Å². The number of carbonyl (C=O) groups is 1. The highest BCUT2D eigenvalue weighted by molar-refractivity contribution is 7.15. The normalized spacial score (nSPS) is 12.8. The van der Waals surface area contributed by atoms with Crippen molar-refractivity contribution in [3.05, 3.63) is 68.0 Å². The van der Waals surface area contributed by atoms with Crippen LogP contribution in [0.25, 0.3) is 22.4 Å². The average Bonchev–Trinajstić information content (AvgIpc) is 3.38. The zero-order valence-electron chi connectivity index (χ0n) is 24.0. The predicted molar refractivity (Wildman–Crippen MR) is 157 cm³/mol. The van der Waals surface area contributed by atoms with Gasteiger partial charge >= 0.3 is 5.97 Å². The molecule has 2 heterocycles. The summed E-state index contributed by atoms with van der Waals surface area (Å²) < 4.78 is 13.4. The highest BCUT2D eigenvalue weighted by Crippen LogP contribution is 2.41. The summed E-state index contributed by atoms with van der Waals surface area (Å²) in [5.41, 5.74) is 2.72. The summed E-state index contributed by atoms with van der Waals surface area (Å²) in [6, 6.07) is 11.6. The molecule has 0 saturated heterocycles. The number of fused-ring (bicyclic) bond motifs is 1. The van der Waals surface area contributed by atoms with E-state index >= 15 is 0 Å². The number of hydrogen-bond acceptors (Lipinski definition) is 7. The van der Waals surface area contributed by atoms with Gasteiger partial charge in [0.05, 0.1) is 11.1 Å². The Morgan fingerprint density at radius 2 is 1.64 bits per heavy atom. The predicted octanol–water partition coefficient (Wildman–Crippen LogP) is 6.06. The summed E-state index contributed by atoms with van der Waals surface area (Å²) in [7, 11) is 0. The Labute approximate surface area is 233 Å². The molecule has 0 amide bonds. The van der Waals surface area contributed by atoms with Crippen LogP contribution in [0, 0.1) is 0 Å². The summed E-state index contributed by atoms with van der Waals surface area (Å²) in [6.07, 6.45) is 3.96. The minimum absolute atomic E-state index is 0.216. The standard InChI is InChI=1S/C31H37N3O4S/c1-9-10-15-37-22-13-11-21(12-14-22)27-32-29-34(33-27)28(36)25(39-29)18-20-16-23(30(3,4)5)26(38-19(2)35)24(17-20)31(6,7)8/h11-14,16-18H,9-10,15H2,1-8H3/b25-18-. The number of unbranched alkanes of at least 4 members (excludes halogenated alkanes) is 1. The Kier molecular flexibility index (Phi) is 7.98. The topological polar surface area (TPSA) is 82.8 Å². The minimum Gasteiger partial charge on any atom is -0.494 e. The van der Waals surface area contributed by atoms with Crippen molar-refractivity contribution in [2.24, 2.45) is 0 Å². The zero-order chi connectivity index (χ0) is 28.5. The van der Waals surface area contributed by atoms with E-state index in [1.165, 1.54) is 22.8 Å². The molecule has 0 aliphatic heterocycles. The largest absolute Gasteiger partial charge is 0.494 e. The first kappa shape index (κ1) is 28.5. The Hall–Kier alpha value is -3.52. The van der Waals surface area contributed by atoms with Crippen LogP contribution in [-0.4, -0.2) is 27.2 Å². The second-order valence-electron chi connectivity index (χ2n) is 11.8. The number of benzene rings is 2. The smallest absolute Gasteiger partial charge is 0.308 e. The van der Waals surface area contributed by atoms with Crippen molar-refractivity contribution in [1.82, 2.24) is 14.6 Å². The van der Waals surface area contributed by atoms with Crippen LogP contribution in [0.4, 0.5) is 0 Å². The van der Waals surface area contributed by atoms with Gasteiger partial charge in [-0.1, -0.05) is 66.2 Å². The zero-order valence-corrected chi connectivity index (χ0v) is 24.9. The highest BCUT2D eigenvalue weighted by Gasteiger charge is 2.28. The van der Waals surface area contributed by atoms with Crippen LogP contribution in [0.2, 0.25) is 0 Å². The van der Waals surface area contributed by atoms with E-state index in [4.69, 9.17) is 9.47 Å². The van der Waals surface area contributed by atoms with Gasteiger partial charge in [0.25, 0.3) is 5.56 Å². The van der Waals surface area contributed by atoms with Crippen LogP contribution >= 0.6 is 11.3 Å². The molecule has 0 saturated carbocycles. The van der Waals surface area contributed by atoms with Crippen molar-refractivity contribution in [1.29, 1.82) is 0 Å². The fraction of sp³-hybridized carbons (Fsp3) is 0.419. The second kappa shape index (κ2) is 10.9. The van der Waals surface area contributed by atoms with E-state index in [1.54, 1.807) is 0 Å². The number of aromatic nitrogens is 3. The van der Waals surface area contributed by atoms with Gasteiger partial charge in [-0.2, -0.15) is 9.50 Å². The monoisotopic (exact) mass is 547 g/mol. The summed E-state index contributed by atoms with van der Waals surface area (Å²) in [5, 5.41) is 4.50. The number of ether oxygens (including phenoxy) is 2. The number of hydrogen-bond donors (Lipinski definition) is 0. The van der Waals surface area contributed by atoms with Crippen LogP contribution in [0.5, 0.6) is 11.5 Å². The SMILES string of the molecule is CCCCOc1ccc(-c2nc3s/c(=C\c4cc(C(C)(C)C)c(OC(C)=O)c(C(C)(C)C)c4)c(=O)n3n2)cc1. The Bertz CT molecular complexity index is 1570. The van der Waals surface area contributed by atoms with Gasteiger partial charge in [-0.15, -0.1) is 5.10 Å². The van der Waals surface area contributed by atoms with Crippen LogP contribution in [0.1, 0.15) is 84.9 Å². The van der Waals surface area contributed by atoms with E-state index in [0.29, 0.717) is 27.7 Å². The molecule has 0 aliphatic carbocycles. The molecule has 0 spiro atoms. The third kappa shape index (κ3) is 6.38. The van der Waals surface area contributed by atoms with Gasteiger partial charge < -0.3 is 9.47 Å². The maximum absolute atomic E-state index is 13.3. The lowest BCUT2D eigenvalue weighted by Gasteiger charge is -2.29. The molecule has 2 aromatic carbocycles. The molecule has 0 aliphatic rings. The summed E-state index contributed by atoms with van der Waals surface area (Å²) in [6.45, 7) is 16.7. The van der Waals surface area contributed by atoms with Gasteiger partial charge in [-0.3, -0.25) is 9.59 Å². The maximum atomic E-state index is 13.3. The van der Waals surface area contributed by atoms with E-state index in [1.807, 2.05) is 42.5 Å². The number of thiazole rings is 1.